The van der Waals surface area contributed by atoms with Crippen LogP contribution in [0.3, 0.4) is 0 Å². The summed E-state index contributed by atoms with van der Waals surface area (Å²) in [5, 5.41) is 8.49. The molecule has 1 aromatic carbocycles. The first-order valence-corrected chi connectivity index (χ1v) is 7.99. The fourth-order valence-electron chi connectivity index (χ4n) is 2.72. The summed E-state index contributed by atoms with van der Waals surface area (Å²) in [5.41, 5.74) is 0.681. The molecule has 1 amide bonds. The van der Waals surface area contributed by atoms with E-state index in [1.807, 2.05) is 18.2 Å². The lowest BCUT2D eigenvalue weighted by Crippen LogP contribution is -2.50. The van der Waals surface area contributed by atoms with Crippen LogP contribution in [-0.2, 0) is 0 Å². The third-order valence-electron chi connectivity index (χ3n) is 4.12. The molecule has 1 fully saturated rings. The number of fused-ring (bicyclic) bond motifs is 1. The van der Waals surface area contributed by atoms with Crippen LogP contribution in [0.15, 0.2) is 35.1 Å². The quantitative estimate of drug-likeness (QED) is 0.878. The summed E-state index contributed by atoms with van der Waals surface area (Å²) >= 11 is 3.47. The molecular weight excluding hydrogens is 330 g/mol. The lowest BCUT2D eigenvalue weighted by Gasteiger charge is -2.30. The van der Waals surface area contributed by atoms with Crippen molar-refractivity contribution in [2.75, 3.05) is 13.1 Å². The zero-order valence-electron chi connectivity index (χ0n) is 11.9. The molecule has 1 aliphatic rings. The van der Waals surface area contributed by atoms with Crippen molar-refractivity contribution < 1.29 is 4.79 Å². The number of carbonyl (C=O) groups excluding carboxylic acids is 1. The average Bonchev–Trinajstić information content (AvgIpc) is 2.49. The van der Waals surface area contributed by atoms with Crippen LogP contribution >= 0.6 is 15.9 Å². The van der Waals surface area contributed by atoms with E-state index in [0.29, 0.717) is 11.5 Å². The van der Waals surface area contributed by atoms with Crippen molar-refractivity contribution in [3.05, 3.63) is 40.6 Å². The maximum Gasteiger partial charge on any atom is 0.251 e. The molecule has 2 N–H and O–H groups in total. The molecule has 21 heavy (non-hydrogen) atoms. The molecular formula is C16H18BrN3O. The summed E-state index contributed by atoms with van der Waals surface area (Å²) < 4.78 is 0.942. The third kappa shape index (κ3) is 3.09. The van der Waals surface area contributed by atoms with Crippen LogP contribution in [0.2, 0.25) is 0 Å². The number of nitrogens with zero attached hydrogens (tertiary/aromatic N) is 1. The second-order valence-corrected chi connectivity index (χ2v) is 6.46. The predicted molar refractivity (Wildman–Crippen MR) is 87.3 cm³/mol. The van der Waals surface area contributed by atoms with Gasteiger partial charge in [0.05, 0.1) is 0 Å². The lowest BCUT2D eigenvalue weighted by atomic mass is 9.94. The standard InChI is InChI=1S/C16H18BrN3O/c1-10-4-5-18-9-15(10)20-16(21)11-2-3-13-12(6-11)7-19-8-14(13)17/h2-3,6-8,10,15,18H,4-5,9H2,1H3,(H,20,21). The summed E-state index contributed by atoms with van der Waals surface area (Å²) in [5.74, 6) is 0.490. The molecule has 2 atom stereocenters. The van der Waals surface area contributed by atoms with E-state index in [1.54, 1.807) is 12.4 Å². The largest absolute Gasteiger partial charge is 0.348 e. The lowest BCUT2D eigenvalue weighted by molar-refractivity contribution is 0.0915. The van der Waals surface area contributed by atoms with Gasteiger partial charge in [-0.25, -0.2) is 0 Å². The number of aromatic nitrogens is 1. The van der Waals surface area contributed by atoms with Crippen molar-refractivity contribution in [3.8, 4) is 0 Å². The number of carbonyl (C=O) groups is 1. The number of nitrogens with one attached hydrogen (secondary N) is 2. The fourth-order valence-corrected chi connectivity index (χ4v) is 3.19. The molecule has 1 aromatic heterocycles. The highest BCUT2D eigenvalue weighted by Gasteiger charge is 2.23. The van der Waals surface area contributed by atoms with Crippen molar-refractivity contribution in [2.45, 2.75) is 19.4 Å². The Balaban J connectivity index is 1.81. The first kappa shape index (κ1) is 14.5. The van der Waals surface area contributed by atoms with Gasteiger partial charge in [-0.15, -0.1) is 0 Å². The third-order valence-corrected chi connectivity index (χ3v) is 4.75. The number of hydrogen-bond donors (Lipinski definition) is 2. The molecule has 0 aliphatic carbocycles. The first-order valence-electron chi connectivity index (χ1n) is 7.20. The monoisotopic (exact) mass is 347 g/mol. The van der Waals surface area contributed by atoms with E-state index in [1.165, 1.54) is 0 Å². The summed E-state index contributed by atoms with van der Waals surface area (Å²) in [6, 6.07) is 5.91. The Morgan fingerprint density at radius 1 is 1.43 bits per heavy atom. The summed E-state index contributed by atoms with van der Waals surface area (Å²) in [4.78, 5) is 16.6. The van der Waals surface area contributed by atoms with Gasteiger partial charge in [0.2, 0.25) is 0 Å². The molecule has 5 heteroatoms. The maximum absolute atomic E-state index is 12.4. The molecule has 1 saturated heterocycles. The molecule has 2 heterocycles. The Morgan fingerprint density at radius 2 is 2.29 bits per heavy atom. The summed E-state index contributed by atoms with van der Waals surface area (Å²) in [7, 11) is 0. The van der Waals surface area contributed by atoms with Gasteiger partial charge in [-0.2, -0.15) is 0 Å². The normalized spacial score (nSPS) is 22.2. The topological polar surface area (TPSA) is 54.0 Å². The fraction of sp³-hybridized carbons (Fsp3) is 0.375. The molecule has 0 bridgehead atoms. The molecule has 2 unspecified atom stereocenters. The van der Waals surface area contributed by atoms with E-state index in [-0.39, 0.29) is 11.9 Å². The Labute approximate surface area is 132 Å². The minimum atomic E-state index is -0.0163. The van der Waals surface area contributed by atoms with Crippen LogP contribution in [0.5, 0.6) is 0 Å². The van der Waals surface area contributed by atoms with Crippen LogP contribution in [-0.4, -0.2) is 30.0 Å². The van der Waals surface area contributed by atoms with Crippen LogP contribution in [0, 0.1) is 5.92 Å². The average molecular weight is 348 g/mol. The van der Waals surface area contributed by atoms with Gasteiger partial charge in [-0.05, 0) is 52.3 Å². The second kappa shape index (κ2) is 6.12. The SMILES string of the molecule is CC1CCNCC1NC(=O)c1ccc2c(Br)cncc2c1. The van der Waals surface area contributed by atoms with E-state index in [4.69, 9.17) is 0 Å². The van der Waals surface area contributed by atoms with Gasteiger partial charge in [0.1, 0.15) is 0 Å². The number of hydrogen-bond acceptors (Lipinski definition) is 3. The zero-order chi connectivity index (χ0) is 14.8. The minimum absolute atomic E-state index is 0.0163. The van der Waals surface area contributed by atoms with Crippen molar-refractivity contribution in [1.82, 2.24) is 15.6 Å². The van der Waals surface area contributed by atoms with Gasteiger partial charge in [0.25, 0.3) is 5.91 Å². The number of rotatable bonds is 2. The Bertz CT molecular complexity index is 674. The molecule has 2 aromatic rings. The molecule has 110 valence electrons. The zero-order valence-corrected chi connectivity index (χ0v) is 13.5. The van der Waals surface area contributed by atoms with E-state index in [0.717, 1.165) is 34.8 Å². The number of benzene rings is 1. The van der Waals surface area contributed by atoms with Crippen molar-refractivity contribution in [1.29, 1.82) is 0 Å². The highest BCUT2D eigenvalue weighted by molar-refractivity contribution is 9.10. The van der Waals surface area contributed by atoms with Gasteiger partial charge in [-0.1, -0.05) is 13.0 Å². The smallest absolute Gasteiger partial charge is 0.251 e. The number of amides is 1. The van der Waals surface area contributed by atoms with Crippen LogP contribution in [0.4, 0.5) is 0 Å². The Hall–Kier alpha value is -1.46. The van der Waals surface area contributed by atoms with Gasteiger partial charge in [0, 0.05) is 40.4 Å². The van der Waals surface area contributed by atoms with Gasteiger partial charge in [-0.3, -0.25) is 9.78 Å². The maximum atomic E-state index is 12.4. The number of pyridine rings is 1. The highest BCUT2D eigenvalue weighted by Crippen LogP contribution is 2.23. The molecule has 0 saturated carbocycles. The first-order chi connectivity index (χ1) is 10.1. The second-order valence-electron chi connectivity index (χ2n) is 5.61. The van der Waals surface area contributed by atoms with E-state index in [9.17, 15) is 4.79 Å². The van der Waals surface area contributed by atoms with Crippen LogP contribution in [0.25, 0.3) is 10.8 Å². The molecule has 0 spiro atoms. The molecule has 1 aliphatic heterocycles. The van der Waals surface area contributed by atoms with E-state index < -0.39 is 0 Å². The molecule has 0 radical (unpaired) electrons. The van der Waals surface area contributed by atoms with Crippen LogP contribution in [0.1, 0.15) is 23.7 Å². The molecule has 4 nitrogen and oxygen atoms in total. The highest BCUT2D eigenvalue weighted by atomic mass is 79.9. The Kier molecular flexibility index (Phi) is 4.22. The van der Waals surface area contributed by atoms with E-state index in [2.05, 4.69) is 38.5 Å². The predicted octanol–water partition coefficient (Wildman–Crippen LogP) is 2.73. The number of piperidine rings is 1. The van der Waals surface area contributed by atoms with Crippen molar-refractivity contribution in [2.24, 2.45) is 5.92 Å². The Morgan fingerprint density at radius 3 is 3.10 bits per heavy atom. The minimum Gasteiger partial charge on any atom is -0.348 e. The van der Waals surface area contributed by atoms with Crippen molar-refractivity contribution >= 4 is 32.6 Å². The van der Waals surface area contributed by atoms with Crippen LogP contribution < -0.4 is 10.6 Å². The molecule has 3 rings (SSSR count). The summed E-state index contributed by atoms with van der Waals surface area (Å²) in [6.07, 6.45) is 4.64. The van der Waals surface area contributed by atoms with Crippen molar-refractivity contribution in [3.63, 3.8) is 0 Å². The summed E-state index contributed by atoms with van der Waals surface area (Å²) in [6.45, 7) is 4.06. The van der Waals surface area contributed by atoms with Gasteiger partial charge < -0.3 is 10.6 Å². The van der Waals surface area contributed by atoms with Gasteiger partial charge in [0.15, 0.2) is 0 Å². The van der Waals surface area contributed by atoms with E-state index >= 15 is 0 Å². The van der Waals surface area contributed by atoms with Gasteiger partial charge >= 0.3 is 0 Å². The number of halogens is 1.